The molecule has 0 spiro atoms. The van der Waals surface area contributed by atoms with Crippen LogP contribution in [-0.2, 0) is 42.2 Å². The molecule has 0 aliphatic heterocycles. The summed E-state index contributed by atoms with van der Waals surface area (Å²) >= 11 is 0. The molecule has 0 radical (unpaired) electrons. The van der Waals surface area contributed by atoms with E-state index in [1.54, 1.807) is 0 Å². The molecule has 0 aliphatic carbocycles. The van der Waals surface area contributed by atoms with Crippen LogP contribution in [0.2, 0.25) is 0 Å². The summed E-state index contributed by atoms with van der Waals surface area (Å²) in [7, 11) is -4.74. The Morgan fingerprint density at radius 1 is 0.426 bits per heavy atom. The summed E-state index contributed by atoms with van der Waals surface area (Å²) in [4.78, 5) is 48.4. The molecule has 0 fully saturated rings. The molecule has 3 atom stereocenters. The van der Waals surface area contributed by atoms with Crippen LogP contribution in [0.25, 0.3) is 0 Å². The molecule has 0 aromatic heterocycles. The summed E-state index contributed by atoms with van der Waals surface area (Å²) in [6.45, 7) is 4.53. The van der Waals surface area contributed by atoms with Crippen molar-refractivity contribution < 1.29 is 52.2 Å². The van der Waals surface area contributed by atoms with Crippen molar-refractivity contribution in [2.75, 3.05) is 26.4 Å². The highest BCUT2D eigenvalue weighted by Gasteiger charge is 2.28. The van der Waals surface area contributed by atoms with Gasteiger partial charge in [-0.15, -0.1) is 0 Å². The van der Waals surface area contributed by atoms with E-state index in [0.717, 1.165) is 89.9 Å². The predicted molar refractivity (Wildman–Crippen MR) is 279 cm³/mol. The van der Waals surface area contributed by atoms with Gasteiger partial charge in [0.25, 0.3) is 0 Å². The van der Waals surface area contributed by atoms with Crippen molar-refractivity contribution >= 4 is 25.7 Å². The zero-order valence-corrected chi connectivity index (χ0v) is 44.7. The number of phosphoric ester groups is 1. The third-order valence-electron chi connectivity index (χ3n) is 12.1. The molecule has 0 aromatic carbocycles. The number of aliphatic hydroxyl groups is 1. The maximum absolute atomic E-state index is 12.9. The third kappa shape index (κ3) is 48.7. The average Bonchev–Trinajstić information content (AvgIpc) is 3.32. The van der Waals surface area contributed by atoms with Gasteiger partial charge >= 0.3 is 25.7 Å². The van der Waals surface area contributed by atoms with Crippen LogP contribution in [0.3, 0.4) is 0 Å². The first-order chi connectivity index (χ1) is 33.2. The second-order valence-electron chi connectivity index (χ2n) is 18.7. The Hall–Kier alpha value is -2.30. The van der Waals surface area contributed by atoms with Gasteiger partial charge in [-0.3, -0.25) is 23.4 Å². The SMILES string of the molecule is CC/C=C\C/C=C\C/C=C\CCCCCCCCCC(=O)OC(COC(=O)CCCCCCCCCCCCCCCCC)COP(=O)(O)OCC(CO)OC(=O)CCCCCCCCCCC. The number of rotatable bonds is 52. The lowest BCUT2D eigenvalue weighted by molar-refractivity contribution is -0.161. The Kier molecular flexibility index (Phi) is 49.3. The number of hydrogen-bond donors (Lipinski definition) is 2. The quantitative estimate of drug-likeness (QED) is 0.0197. The topological polar surface area (TPSA) is 155 Å². The molecule has 0 bridgehead atoms. The molecule has 0 aromatic rings. The van der Waals surface area contributed by atoms with Crippen LogP contribution in [0.4, 0.5) is 0 Å². The van der Waals surface area contributed by atoms with Crippen LogP contribution in [0.15, 0.2) is 36.5 Å². The minimum absolute atomic E-state index is 0.160. The highest BCUT2D eigenvalue weighted by Crippen LogP contribution is 2.43. The van der Waals surface area contributed by atoms with E-state index in [1.807, 2.05) is 0 Å². The fourth-order valence-corrected chi connectivity index (χ4v) is 8.63. The Bertz CT molecular complexity index is 1280. The molecule has 0 aliphatic rings. The first-order valence-corrected chi connectivity index (χ1v) is 29.4. The second kappa shape index (κ2) is 51.1. The van der Waals surface area contributed by atoms with Crippen molar-refractivity contribution in [3.63, 3.8) is 0 Å². The molecule has 0 rings (SSSR count). The van der Waals surface area contributed by atoms with Gasteiger partial charge in [-0.1, -0.05) is 231 Å². The van der Waals surface area contributed by atoms with Gasteiger partial charge in [-0.2, -0.15) is 0 Å². The number of allylic oxidation sites excluding steroid dienone is 6. The van der Waals surface area contributed by atoms with Crippen molar-refractivity contribution in [1.82, 2.24) is 0 Å². The average molecular weight is 983 g/mol. The Labute approximate surface area is 416 Å². The first-order valence-electron chi connectivity index (χ1n) is 27.9. The largest absolute Gasteiger partial charge is 0.472 e. The molecule has 398 valence electrons. The zero-order valence-electron chi connectivity index (χ0n) is 43.8. The van der Waals surface area contributed by atoms with Gasteiger partial charge < -0.3 is 24.2 Å². The van der Waals surface area contributed by atoms with Gasteiger partial charge in [-0.25, -0.2) is 4.57 Å². The van der Waals surface area contributed by atoms with Crippen LogP contribution < -0.4 is 0 Å². The summed E-state index contributed by atoms with van der Waals surface area (Å²) in [5, 5.41) is 9.76. The maximum atomic E-state index is 12.9. The Morgan fingerprint density at radius 2 is 0.765 bits per heavy atom. The lowest BCUT2D eigenvalue weighted by Gasteiger charge is -2.21. The number of carbonyl (C=O) groups excluding carboxylic acids is 3. The predicted octanol–water partition coefficient (Wildman–Crippen LogP) is 16.0. The van der Waals surface area contributed by atoms with E-state index in [9.17, 15) is 28.9 Å². The van der Waals surface area contributed by atoms with Crippen LogP contribution in [-0.4, -0.2) is 66.5 Å². The molecule has 0 amide bonds. The number of esters is 3. The lowest BCUT2D eigenvalue weighted by atomic mass is 10.0. The molecule has 12 heteroatoms. The number of ether oxygens (including phenoxy) is 3. The second-order valence-corrected chi connectivity index (χ2v) is 20.2. The van der Waals surface area contributed by atoms with E-state index >= 15 is 0 Å². The number of carbonyl (C=O) groups is 3. The molecule has 2 N–H and O–H groups in total. The van der Waals surface area contributed by atoms with Crippen molar-refractivity contribution in [3.05, 3.63) is 36.5 Å². The van der Waals surface area contributed by atoms with Crippen LogP contribution in [0.5, 0.6) is 0 Å². The summed E-state index contributed by atoms with van der Waals surface area (Å²) in [6, 6.07) is 0. The van der Waals surface area contributed by atoms with E-state index in [2.05, 4.69) is 57.2 Å². The van der Waals surface area contributed by atoms with Gasteiger partial charge in [0.15, 0.2) is 6.10 Å². The van der Waals surface area contributed by atoms with Gasteiger partial charge in [0, 0.05) is 19.3 Å². The fraction of sp³-hybridized carbons (Fsp3) is 0.839. The van der Waals surface area contributed by atoms with Crippen LogP contribution >= 0.6 is 7.82 Å². The van der Waals surface area contributed by atoms with Crippen molar-refractivity contribution in [1.29, 1.82) is 0 Å². The summed E-state index contributed by atoms with van der Waals surface area (Å²) in [6.07, 6.45) is 51.1. The van der Waals surface area contributed by atoms with Crippen molar-refractivity contribution in [3.8, 4) is 0 Å². The van der Waals surface area contributed by atoms with Gasteiger partial charge in [0.1, 0.15) is 12.7 Å². The summed E-state index contributed by atoms with van der Waals surface area (Å²) in [5.74, 6) is -1.46. The van der Waals surface area contributed by atoms with Crippen molar-refractivity contribution in [2.24, 2.45) is 0 Å². The number of phosphoric acid groups is 1. The Balaban J connectivity index is 4.71. The van der Waals surface area contributed by atoms with Crippen LogP contribution in [0, 0.1) is 0 Å². The maximum Gasteiger partial charge on any atom is 0.472 e. The zero-order chi connectivity index (χ0) is 49.9. The smallest absolute Gasteiger partial charge is 0.462 e. The third-order valence-corrected chi connectivity index (χ3v) is 13.0. The number of aliphatic hydroxyl groups excluding tert-OH is 1. The highest BCUT2D eigenvalue weighted by molar-refractivity contribution is 7.47. The van der Waals surface area contributed by atoms with E-state index in [4.69, 9.17) is 23.3 Å². The summed E-state index contributed by atoms with van der Waals surface area (Å²) < 4.78 is 39.4. The molecule has 0 saturated heterocycles. The number of hydrogen-bond acceptors (Lipinski definition) is 10. The van der Waals surface area contributed by atoms with E-state index in [1.165, 1.54) is 116 Å². The molecule has 0 heterocycles. The lowest BCUT2D eigenvalue weighted by Crippen LogP contribution is -2.30. The van der Waals surface area contributed by atoms with E-state index < -0.39 is 57.8 Å². The standard InChI is InChI=1S/C56H103O11P/c1-4-7-10-13-16-19-21-23-25-26-28-30-32-35-38-41-44-47-56(60)67-53(49-63-54(58)45-42-39-36-34-31-29-27-24-22-20-17-14-11-8-5-2)51-65-68(61,62)64-50-52(48-57)66-55(59)46-43-40-37-33-18-15-12-9-6-3/h7,10,16,19,23,25,52-53,57H,4-6,8-9,11-15,17-18,20-22,24,26-51H2,1-3H3,(H,61,62)/b10-7-,19-16-,25-23-. The summed E-state index contributed by atoms with van der Waals surface area (Å²) in [5.41, 5.74) is 0. The molecule has 68 heavy (non-hydrogen) atoms. The normalized spacial score (nSPS) is 13.7. The van der Waals surface area contributed by atoms with E-state index in [-0.39, 0.29) is 25.9 Å². The highest BCUT2D eigenvalue weighted by atomic mass is 31.2. The van der Waals surface area contributed by atoms with Crippen LogP contribution in [0.1, 0.15) is 265 Å². The van der Waals surface area contributed by atoms with Gasteiger partial charge in [0.2, 0.25) is 0 Å². The first kappa shape index (κ1) is 65.7. The monoisotopic (exact) mass is 983 g/mol. The fourth-order valence-electron chi connectivity index (χ4n) is 7.84. The molecule has 0 saturated carbocycles. The number of unbranched alkanes of at least 4 members (excludes halogenated alkanes) is 29. The molecule has 11 nitrogen and oxygen atoms in total. The van der Waals surface area contributed by atoms with Gasteiger partial charge in [-0.05, 0) is 51.4 Å². The van der Waals surface area contributed by atoms with E-state index in [0.29, 0.717) is 19.3 Å². The Morgan fingerprint density at radius 3 is 1.18 bits per heavy atom. The molecule has 3 unspecified atom stereocenters. The van der Waals surface area contributed by atoms with Crippen molar-refractivity contribution in [2.45, 2.75) is 277 Å². The minimum atomic E-state index is -4.74. The molecular formula is C56H103O11P. The van der Waals surface area contributed by atoms with Gasteiger partial charge in [0.05, 0.1) is 19.8 Å². The molecular weight excluding hydrogens is 880 g/mol. The minimum Gasteiger partial charge on any atom is -0.462 e.